The number of nitrogens with zero attached hydrogens (tertiary/aromatic N) is 4. The molecule has 8 heteroatoms. The Labute approximate surface area is 134 Å². The van der Waals surface area contributed by atoms with E-state index >= 15 is 0 Å². The fourth-order valence-electron chi connectivity index (χ4n) is 2.77. The number of carbonyl (C=O) groups is 1. The number of nitrogens with one attached hydrogen (secondary N) is 2. The van der Waals surface area contributed by atoms with E-state index in [1.165, 1.54) is 6.33 Å². The van der Waals surface area contributed by atoms with Crippen molar-refractivity contribution in [3.63, 3.8) is 0 Å². The summed E-state index contributed by atoms with van der Waals surface area (Å²) in [7, 11) is 1.60. The van der Waals surface area contributed by atoms with E-state index in [2.05, 4.69) is 25.5 Å². The van der Waals surface area contributed by atoms with Crippen LogP contribution in [0.1, 0.15) is 30.1 Å². The van der Waals surface area contributed by atoms with Crippen LogP contribution in [-0.4, -0.2) is 51.3 Å². The number of amides is 2. The molecule has 23 heavy (non-hydrogen) atoms. The first-order chi connectivity index (χ1) is 11.3. The Hall–Kier alpha value is -2.48. The highest BCUT2D eigenvalue weighted by atomic mass is 16.5. The van der Waals surface area contributed by atoms with Gasteiger partial charge >= 0.3 is 6.03 Å². The normalized spacial score (nSPS) is 15.6. The molecule has 2 aromatic heterocycles. The highest BCUT2D eigenvalue weighted by Crippen LogP contribution is 2.26. The molecular formula is C15H20N6O2. The Kier molecular flexibility index (Phi) is 4.82. The summed E-state index contributed by atoms with van der Waals surface area (Å²) in [5.74, 6) is 0.932. The predicted octanol–water partition coefficient (Wildman–Crippen LogP) is 1.76. The lowest BCUT2D eigenvalue weighted by atomic mass is 9.94. The Morgan fingerprint density at radius 3 is 2.96 bits per heavy atom. The van der Waals surface area contributed by atoms with Gasteiger partial charge in [0.25, 0.3) is 0 Å². The minimum Gasteiger partial charge on any atom is -0.378 e. The molecule has 1 saturated heterocycles. The average molecular weight is 316 g/mol. The molecule has 0 aliphatic carbocycles. The predicted molar refractivity (Wildman–Crippen MR) is 83.9 cm³/mol. The molecule has 2 amide bonds. The monoisotopic (exact) mass is 316 g/mol. The van der Waals surface area contributed by atoms with Crippen LogP contribution in [0.25, 0.3) is 0 Å². The number of piperidine rings is 1. The van der Waals surface area contributed by atoms with Crippen LogP contribution in [-0.2, 0) is 11.3 Å². The Morgan fingerprint density at radius 1 is 1.43 bits per heavy atom. The van der Waals surface area contributed by atoms with Crippen LogP contribution in [0.15, 0.2) is 24.7 Å². The molecule has 3 heterocycles. The van der Waals surface area contributed by atoms with E-state index in [1.807, 2.05) is 11.0 Å². The number of methoxy groups -OCH3 is 1. The van der Waals surface area contributed by atoms with Gasteiger partial charge in [0.05, 0.1) is 12.3 Å². The molecule has 3 rings (SSSR count). The van der Waals surface area contributed by atoms with Crippen molar-refractivity contribution in [1.82, 2.24) is 25.1 Å². The van der Waals surface area contributed by atoms with Gasteiger partial charge in [-0.15, -0.1) is 0 Å². The number of H-pyrrole nitrogens is 1. The smallest absolute Gasteiger partial charge is 0.323 e. The molecule has 0 spiro atoms. The zero-order chi connectivity index (χ0) is 16.1. The number of hydrogen-bond donors (Lipinski definition) is 2. The fourth-order valence-corrected chi connectivity index (χ4v) is 2.77. The van der Waals surface area contributed by atoms with E-state index in [0.29, 0.717) is 31.4 Å². The van der Waals surface area contributed by atoms with Gasteiger partial charge in [-0.3, -0.25) is 10.4 Å². The van der Waals surface area contributed by atoms with Gasteiger partial charge in [0.1, 0.15) is 12.1 Å². The summed E-state index contributed by atoms with van der Waals surface area (Å²) in [5, 5.41) is 9.82. The Morgan fingerprint density at radius 2 is 2.26 bits per heavy atom. The van der Waals surface area contributed by atoms with E-state index in [1.54, 1.807) is 19.4 Å². The van der Waals surface area contributed by atoms with Crippen molar-refractivity contribution in [2.75, 3.05) is 25.5 Å². The number of aromatic amines is 1. The van der Waals surface area contributed by atoms with Crippen molar-refractivity contribution in [1.29, 1.82) is 0 Å². The van der Waals surface area contributed by atoms with Gasteiger partial charge in [0.2, 0.25) is 0 Å². The largest absolute Gasteiger partial charge is 0.378 e. The highest BCUT2D eigenvalue weighted by molar-refractivity contribution is 5.88. The first kappa shape index (κ1) is 15.4. The van der Waals surface area contributed by atoms with Crippen LogP contribution >= 0.6 is 0 Å². The van der Waals surface area contributed by atoms with Crippen molar-refractivity contribution < 1.29 is 9.53 Å². The molecule has 1 aliphatic rings. The van der Waals surface area contributed by atoms with Crippen LogP contribution < -0.4 is 5.32 Å². The van der Waals surface area contributed by atoms with Gasteiger partial charge in [0.15, 0.2) is 0 Å². The lowest BCUT2D eigenvalue weighted by Gasteiger charge is -2.31. The number of carbonyl (C=O) groups excluding carboxylic acids is 1. The second kappa shape index (κ2) is 7.19. The summed E-state index contributed by atoms with van der Waals surface area (Å²) in [6.45, 7) is 1.82. The third-order valence-corrected chi connectivity index (χ3v) is 4.00. The van der Waals surface area contributed by atoms with Gasteiger partial charge in [-0.2, -0.15) is 5.10 Å². The molecule has 122 valence electrons. The molecule has 0 saturated carbocycles. The molecule has 0 atom stereocenters. The van der Waals surface area contributed by atoms with E-state index < -0.39 is 0 Å². The Bertz CT molecular complexity index is 637. The molecule has 0 bridgehead atoms. The van der Waals surface area contributed by atoms with Crippen LogP contribution in [0.4, 0.5) is 10.6 Å². The zero-order valence-corrected chi connectivity index (χ0v) is 13.0. The summed E-state index contributed by atoms with van der Waals surface area (Å²) < 4.78 is 5.03. The third-order valence-electron chi connectivity index (χ3n) is 4.00. The topological polar surface area (TPSA) is 96.0 Å². The number of ether oxygens (including phenoxy) is 1. The molecule has 0 aromatic carbocycles. The summed E-state index contributed by atoms with van der Waals surface area (Å²) in [6.07, 6.45) is 5.04. The molecular weight excluding hydrogens is 296 g/mol. The van der Waals surface area contributed by atoms with Crippen LogP contribution in [0, 0.1) is 0 Å². The molecule has 2 aromatic rings. The maximum atomic E-state index is 12.3. The van der Waals surface area contributed by atoms with Crippen molar-refractivity contribution in [2.45, 2.75) is 25.4 Å². The number of urea groups is 1. The molecule has 0 unspecified atom stereocenters. The van der Waals surface area contributed by atoms with Crippen LogP contribution in [0.3, 0.4) is 0 Å². The maximum Gasteiger partial charge on any atom is 0.323 e. The SMILES string of the molecule is COCc1cc(NC(=O)N2CCC(c3ccn[nH]3)CC2)ncn1. The molecule has 1 fully saturated rings. The number of aromatic nitrogens is 4. The minimum absolute atomic E-state index is 0.130. The second-order valence-electron chi connectivity index (χ2n) is 5.53. The van der Waals surface area contributed by atoms with Crippen LogP contribution in [0.2, 0.25) is 0 Å². The Balaban J connectivity index is 1.54. The molecule has 0 radical (unpaired) electrons. The number of likely N-dealkylation sites (tertiary alicyclic amines) is 1. The van der Waals surface area contributed by atoms with E-state index in [0.717, 1.165) is 24.2 Å². The van der Waals surface area contributed by atoms with Crippen molar-refractivity contribution in [3.8, 4) is 0 Å². The highest BCUT2D eigenvalue weighted by Gasteiger charge is 2.24. The molecule has 1 aliphatic heterocycles. The summed E-state index contributed by atoms with van der Waals surface area (Å²) >= 11 is 0. The summed E-state index contributed by atoms with van der Waals surface area (Å²) in [5.41, 5.74) is 1.88. The first-order valence-electron chi connectivity index (χ1n) is 7.61. The second-order valence-corrected chi connectivity index (χ2v) is 5.53. The lowest BCUT2D eigenvalue weighted by molar-refractivity contribution is 0.181. The summed E-state index contributed by atoms with van der Waals surface area (Å²) in [6, 6.07) is 3.59. The number of hydrogen-bond acceptors (Lipinski definition) is 5. The molecule has 2 N–H and O–H groups in total. The van der Waals surface area contributed by atoms with Gasteiger partial charge in [-0.1, -0.05) is 0 Å². The van der Waals surface area contributed by atoms with E-state index in [4.69, 9.17) is 4.74 Å². The van der Waals surface area contributed by atoms with Gasteiger partial charge < -0.3 is 9.64 Å². The first-order valence-corrected chi connectivity index (χ1v) is 7.61. The average Bonchev–Trinajstić information content (AvgIpc) is 3.10. The fraction of sp³-hybridized carbons (Fsp3) is 0.467. The van der Waals surface area contributed by atoms with E-state index in [-0.39, 0.29) is 6.03 Å². The minimum atomic E-state index is -0.130. The zero-order valence-electron chi connectivity index (χ0n) is 13.0. The van der Waals surface area contributed by atoms with Crippen molar-refractivity contribution in [3.05, 3.63) is 36.0 Å². The van der Waals surface area contributed by atoms with Crippen LogP contribution in [0.5, 0.6) is 0 Å². The van der Waals surface area contributed by atoms with Gasteiger partial charge in [0, 0.05) is 44.1 Å². The number of anilines is 1. The van der Waals surface area contributed by atoms with Crippen molar-refractivity contribution >= 4 is 11.8 Å². The third kappa shape index (κ3) is 3.84. The standard InChI is InChI=1S/C15H20N6O2/c1-23-9-12-8-14(17-10-16-12)19-15(22)21-6-3-11(4-7-21)13-2-5-18-20-13/h2,5,8,10-11H,3-4,6-7,9H2,1H3,(H,18,20)(H,16,17,19,22). The lowest BCUT2D eigenvalue weighted by Crippen LogP contribution is -2.40. The van der Waals surface area contributed by atoms with E-state index in [9.17, 15) is 4.79 Å². The quantitative estimate of drug-likeness (QED) is 0.896. The maximum absolute atomic E-state index is 12.3. The summed E-state index contributed by atoms with van der Waals surface area (Å²) in [4.78, 5) is 22.3. The van der Waals surface area contributed by atoms with Crippen molar-refractivity contribution in [2.24, 2.45) is 0 Å². The number of rotatable bonds is 4. The molecule has 8 nitrogen and oxygen atoms in total. The van der Waals surface area contributed by atoms with Gasteiger partial charge in [-0.05, 0) is 18.9 Å². The van der Waals surface area contributed by atoms with Gasteiger partial charge in [-0.25, -0.2) is 14.8 Å².